The molecule has 0 saturated carbocycles. The lowest BCUT2D eigenvalue weighted by molar-refractivity contribution is -0.129. The van der Waals surface area contributed by atoms with Gasteiger partial charge in [-0.05, 0) is 43.9 Å². The van der Waals surface area contributed by atoms with Gasteiger partial charge in [-0.3, -0.25) is 4.79 Å². The van der Waals surface area contributed by atoms with E-state index in [1.165, 1.54) is 24.8 Å². The zero-order valence-electron chi connectivity index (χ0n) is 12.7. The fourth-order valence-corrected chi connectivity index (χ4v) is 2.75. The van der Waals surface area contributed by atoms with Crippen LogP contribution in [0.2, 0.25) is 0 Å². The van der Waals surface area contributed by atoms with Gasteiger partial charge in [0.15, 0.2) is 0 Å². The van der Waals surface area contributed by atoms with E-state index in [1.54, 1.807) is 0 Å². The Morgan fingerprint density at radius 1 is 1.35 bits per heavy atom. The van der Waals surface area contributed by atoms with Gasteiger partial charge in [0.05, 0.1) is 6.42 Å². The van der Waals surface area contributed by atoms with Crippen molar-refractivity contribution in [1.29, 1.82) is 0 Å². The highest BCUT2D eigenvalue weighted by molar-refractivity contribution is 5.78. The molecule has 1 N–H and O–H groups in total. The molecule has 20 heavy (non-hydrogen) atoms. The summed E-state index contributed by atoms with van der Waals surface area (Å²) in [6, 6.07) is 8.72. The Kier molecular flexibility index (Phi) is 5.60. The molecule has 3 nitrogen and oxygen atoms in total. The van der Waals surface area contributed by atoms with Gasteiger partial charge in [-0.1, -0.05) is 30.7 Å². The first kappa shape index (κ1) is 15.0. The minimum atomic E-state index is 0.218. The number of piperidine rings is 1. The molecule has 1 aliphatic rings. The SMILES string of the molecule is Cc1ccccc1CC(=O)N(C)CCC1CCCCN1. The third-order valence-electron chi connectivity index (χ3n) is 4.25. The van der Waals surface area contributed by atoms with Crippen LogP contribution in [-0.4, -0.2) is 37.0 Å². The third-order valence-corrected chi connectivity index (χ3v) is 4.25. The lowest BCUT2D eigenvalue weighted by Gasteiger charge is -2.26. The molecule has 0 aliphatic carbocycles. The van der Waals surface area contributed by atoms with E-state index in [0.29, 0.717) is 12.5 Å². The molecule has 3 heteroatoms. The second-order valence-electron chi connectivity index (χ2n) is 5.85. The van der Waals surface area contributed by atoms with Crippen LogP contribution in [0.15, 0.2) is 24.3 Å². The molecule has 1 aliphatic heterocycles. The van der Waals surface area contributed by atoms with Crippen LogP contribution in [0.25, 0.3) is 0 Å². The van der Waals surface area contributed by atoms with E-state index in [9.17, 15) is 4.79 Å². The smallest absolute Gasteiger partial charge is 0.226 e. The summed E-state index contributed by atoms with van der Waals surface area (Å²) < 4.78 is 0. The lowest BCUT2D eigenvalue weighted by atomic mass is 10.0. The molecule has 1 amide bonds. The molecule has 0 aromatic heterocycles. The van der Waals surface area contributed by atoms with Gasteiger partial charge in [-0.25, -0.2) is 0 Å². The number of carbonyl (C=O) groups excluding carboxylic acids is 1. The highest BCUT2D eigenvalue weighted by Crippen LogP contribution is 2.12. The minimum Gasteiger partial charge on any atom is -0.345 e. The monoisotopic (exact) mass is 274 g/mol. The summed E-state index contributed by atoms with van der Waals surface area (Å²) in [6.07, 6.45) is 5.44. The summed E-state index contributed by atoms with van der Waals surface area (Å²) in [5.74, 6) is 0.218. The third kappa shape index (κ3) is 4.34. The van der Waals surface area contributed by atoms with Crippen molar-refractivity contribution in [1.82, 2.24) is 10.2 Å². The maximum absolute atomic E-state index is 12.2. The molecular formula is C17H26N2O. The van der Waals surface area contributed by atoms with Crippen molar-refractivity contribution in [2.75, 3.05) is 20.1 Å². The van der Waals surface area contributed by atoms with Crippen molar-refractivity contribution in [3.63, 3.8) is 0 Å². The van der Waals surface area contributed by atoms with E-state index >= 15 is 0 Å². The maximum atomic E-state index is 12.2. The first-order valence-electron chi connectivity index (χ1n) is 7.68. The van der Waals surface area contributed by atoms with E-state index in [2.05, 4.69) is 18.3 Å². The number of nitrogens with zero attached hydrogens (tertiary/aromatic N) is 1. The molecule has 0 bridgehead atoms. The molecule has 1 aromatic carbocycles. The number of hydrogen-bond donors (Lipinski definition) is 1. The predicted molar refractivity (Wildman–Crippen MR) is 82.8 cm³/mol. The molecule has 0 radical (unpaired) electrons. The van der Waals surface area contributed by atoms with Gasteiger partial charge < -0.3 is 10.2 Å². The molecule has 1 atom stereocenters. The molecular weight excluding hydrogens is 248 g/mol. The minimum absolute atomic E-state index is 0.218. The van der Waals surface area contributed by atoms with Crippen LogP contribution in [0.3, 0.4) is 0 Å². The van der Waals surface area contributed by atoms with Crippen LogP contribution in [0.1, 0.15) is 36.8 Å². The normalized spacial score (nSPS) is 18.8. The van der Waals surface area contributed by atoms with Gasteiger partial charge in [0, 0.05) is 19.6 Å². The van der Waals surface area contributed by atoms with E-state index < -0.39 is 0 Å². The number of likely N-dealkylation sites (N-methyl/N-ethyl adjacent to an activating group) is 1. The van der Waals surface area contributed by atoms with Crippen LogP contribution in [-0.2, 0) is 11.2 Å². The summed E-state index contributed by atoms with van der Waals surface area (Å²) in [5, 5.41) is 3.53. The number of benzene rings is 1. The van der Waals surface area contributed by atoms with Crippen molar-refractivity contribution >= 4 is 5.91 Å². The average molecular weight is 274 g/mol. The van der Waals surface area contributed by atoms with Crippen LogP contribution >= 0.6 is 0 Å². The highest BCUT2D eigenvalue weighted by Gasteiger charge is 2.15. The second-order valence-corrected chi connectivity index (χ2v) is 5.85. The second kappa shape index (κ2) is 7.44. The number of nitrogens with one attached hydrogen (secondary N) is 1. The van der Waals surface area contributed by atoms with Crippen molar-refractivity contribution in [2.45, 2.75) is 45.1 Å². The molecule has 1 heterocycles. The number of carbonyl (C=O) groups is 1. The van der Waals surface area contributed by atoms with Crippen molar-refractivity contribution in [3.8, 4) is 0 Å². The first-order chi connectivity index (χ1) is 9.66. The Hall–Kier alpha value is -1.35. The van der Waals surface area contributed by atoms with Crippen LogP contribution in [0, 0.1) is 6.92 Å². The molecule has 2 rings (SSSR count). The fourth-order valence-electron chi connectivity index (χ4n) is 2.75. The Bertz CT molecular complexity index is 438. The molecule has 1 saturated heterocycles. The molecule has 1 unspecified atom stereocenters. The van der Waals surface area contributed by atoms with Crippen LogP contribution in [0.4, 0.5) is 0 Å². The van der Waals surface area contributed by atoms with E-state index in [0.717, 1.165) is 25.1 Å². The molecule has 1 aromatic rings. The Labute approximate surface area is 122 Å². The summed E-state index contributed by atoms with van der Waals surface area (Å²) in [4.78, 5) is 14.1. The zero-order chi connectivity index (χ0) is 14.4. The number of amides is 1. The Morgan fingerprint density at radius 2 is 2.15 bits per heavy atom. The fraction of sp³-hybridized carbons (Fsp3) is 0.588. The average Bonchev–Trinajstić information content (AvgIpc) is 2.48. The summed E-state index contributed by atoms with van der Waals surface area (Å²) >= 11 is 0. The van der Waals surface area contributed by atoms with Gasteiger partial charge in [0.25, 0.3) is 0 Å². The first-order valence-corrected chi connectivity index (χ1v) is 7.68. The lowest BCUT2D eigenvalue weighted by Crippen LogP contribution is -2.38. The standard InChI is InChI=1S/C17H26N2O/c1-14-7-3-4-8-15(14)13-17(20)19(2)12-10-16-9-5-6-11-18-16/h3-4,7-8,16,18H,5-6,9-13H2,1-2H3. The Balaban J connectivity index is 1.78. The van der Waals surface area contributed by atoms with E-state index in [1.807, 2.05) is 30.1 Å². The number of aryl methyl sites for hydroxylation is 1. The van der Waals surface area contributed by atoms with Crippen molar-refractivity contribution < 1.29 is 4.79 Å². The largest absolute Gasteiger partial charge is 0.345 e. The van der Waals surface area contributed by atoms with Gasteiger partial charge in [-0.2, -0.15) is 0 Å². The predicted octanol–water partition coefficient (Wildman–Crippen LogP) is 2.53. The van der Waals surface area contributed by atoms with Gasteiger partial charge >= 0.3 is 0 Å². The van der Waals surface area contributed by atoms with Crippen LogP contribution in [0.5, 0.6) is 0 Å². The van der Waals surface area contributed by atoms with Gasteiger partial charge in [0.2, 0.25) is 5.91 Å². The zero-order valence-corrected chi connectivity index (χ0v) is 12.7. The van der Waals surface area contributed by atoms with Gasteiger partial charge in [0.1, 0.15) is 0 Å². The number of rotatable bonds is 5. The highest BCUT2D eigenvalue weighted by atomic mass is 16.2. The van der Waals surface area contributed by atoms with E-state index in [4.69, 9.17) is 0 Å². The van der Waals surface area contributed by atoms with Gasteiger partial charge in [-0.15, -0.1) is 0 Å². The summed E-state index contributed by atoms with van der Waals surface area (Å²) in [6.45, 7) is 4.04. The number of hydrogen-bond acceptors (Lipinski definition) is 2. The maximum Gasteiger partial charge on any atom is 0.226 e. The van der Waals surface area contributed by atoms with Crippen molar-refractivity contribution in [2.24, 2.45) is 0 Å². The summed E-state index contributed by atoms with van der Waals surface area (Å²) in [7, 11) is 1.92. The Morgan fingerprint density at radius 3 is 2.85 bits per heavy atom. The molecule has 1 fully saturated rings. The van der Waals surface area contributed by atoms with Crippen LogP contribution < -0.4 is 5.32 Å². The summed E-state index contributed by atoms with van der Waals surface area (Å²) in [5.41, 5.74) is 2.34. The molecule has 110 valence electrons. The molecule has 0 spiro atoms. The van der Waals surface area contributed by atoms with Crippen molar-refractivity contribution in [3.05, 3.63) is 35.4 Å². The van der Waals surface area contributed by atoms with E-state index in [-0.39, 0.29) is 5.91 Å². The quantitative estimate of drug-likeness (QED) is 0.895. The topological polar surface area (TPSA) is 32.3 Å².